The van der Waals surface area contributed by atoms with Crippen LogP contribution in [0.3, 0.4) is 0 Å². The number of furan rings is 1. The lowest BCUT2D eigenvalue weighted by atomic mass is 9.82. The van der Waals surface area contributed by atoms with Gasteiger partial charge in [-0.3, -0.25) is 14.4 Å². The van der Waals surface area contributed by atoms with Gasteiger partial charge in [-0.2, -0.15) is 0 Å². The average Bonchev–Trinajstić information content (AvgIpc) is 3.58. The molecule has 0 unspecified atom stereocenters. The molecule has 0 spiro atoms. The number of ether oxygens (including phenoxy) is 3. The summed E-state index contributed by atoms with van der Waals surface area (Å²) in [6, 6.07) is 3.15. The summed E-state index contributed by atoms with van der Waals surface area (Å²) in [6.45, 7) is 7.97. The van der Waals surface area contributed by atoms with Gasteiger partial charge in [-0.15, -0.1) is 0 Å². The minimum atomic E-state index is -1.01. The largest absolute Gasteiger partial charge is 0.464 e. The SMILES string of the molecule is CO[C@H]1/C=C\C=C(/C)C(=O)NC2=C(c3ccco3)C(=O)C(NCCN(C)C)=C(C[C@@H](C)C[C@H](OC)[C@H](O)[C@@H](C)/C=C(\C)[C@@H]1OC(N)=O)C2=O. The van der Waals surface area contributed by atoms with Gasteiger partial charge in [-0.05, 0) is 64.4 Å². The molecule has 0 aromatic carbocycles. The summed E-state index contributed by atoms with van der Waals surface area (Å²) in [5, 5.41) is 17.3. The zero-order valence-corrected chi connectivity index (χ0v) is 29.6. The number of amides is 2. The van der Waals surface area contributed by atoms with Crippen LogP contribution in [0.2, 0.25) is 0 Å². The van der Waals surface area contributed by atoms with Crippen LogP contribution < -0.4 is 16.4 Å². The van der Waals surface area contributed by atoms with Gasteiger partial charge in [0.2, 0.25) is 11.6 Å². The molecule has 0 saturated carbocycles. The summed E-state index contributed by atoms with van der Waals surface area (Å²) in [7, 11) is 6.72. The Kier molecular flexibility index (Phi) is 14.3. The number of hydrogen-bond acceptors (Lipinski definition) is 11. The van der Waals surface area contributed by atoms with Crippen molar-refractivity contribution < 1.29 is 42.9 Å². The molecule has 5 N–H and O–H groups in total. The standard InChI is InChI=1S/C36H50N4O9/c1-20-17-24-29(38-14-15-40(5)6)33(43)28(25-13-10-16-48-25)30(32(24)42)39-35(44)21(2)11-9-12-26(46-7)34(49-36(37)45)23(4)19-22(3)31(41)27(18-20)47-8/h9-13,16,19-20,22,26-27,31,34,38,41H,14-15,17-18H2,1-8H3,(H2,37,45)(H,39,44)/b12-9-,21-11+,23-19+/t20-,22+,26+,27+,31-,34+/m1/s1. The normalized spacial score (nSPS) is 29.2. The van der Waals surface area contributed by atoms with Crippen LogP contribution in [0, 0.1) is 11.8 Å². The number of fused-ring (bicyclic) bond motifs is 2. The maximum Gasteiger partial charge on any atom is 0.405 e. The van der Waals surface area contributed by atoms with Gasteiger partial charge in [0.1, 0.15) is 17.6 Å². The number of aliphatic hydroxyl groups excluding tert-OH is 1. The van der Waals surface area contributed by atoms with Crippen LogP contribution in [0.15, 0.2) is 75.2 Å². The van der Waals surface area contributed by atoms with Crippen molar-refractivity contribution in [3.63, 3.8) is 0 Å². The highest BCUT2D eigenvalue weighted by Gasteiger charge is 2.39. The number of rotatable bonds is 8. The van der Waals surface area contributed by atoms with E-state index in [9.17, 15) is 24.3 Å². The number of primary amides is 1. The molecule has 0 saturated heterocycles. The van der Waals surface area contributed by atoms with Gasteiger partial charge >= 0.3 is 6.09 Å². The van der Waals surface area contributed by atoms with Gasteiger partial charge in [0.15, 0.2) is 6.10 Å². The number of Topliss-reactive ketones (excluding diaryl/α,β-unsaturated/α-hetero) is 2. The van der Waals surface area contributed by atoms with Crippen LogP contribution in [-0.4, -0.2) is 99.4 Å². The molecular formula is C36H50N4O9. The Balaban J connectivity index is 2.20. The molecule has 2 heterocycles. The first-order valence-corrected chi connectivity index (χ1v) is 16.2. The lowest BCUT2D eigenvalue weighted by molar-refractivity contribution is -0.120. The number of aliphatic hydroxyl groups is 1. The molecule has 49 heavy (non-hydrogen) atoms. The smallest absolute Gasteiger partial charge is 0.405 e. The van der Waals surface area contributed by atoms with Gasteiger partial charge in [-0.1, -0.05) is 38.2 Å². The fraction of sp³-hybridized carbons (Fsp3) is 0.500. The van der Waals surface area contributed by atoms with E-state index in [4.69, 9.17) is 24.4 Å². The highest BCUT2D eigenvalue weighted by Crippen LogP contribution is 2.34. The van der Waals surface area contributed by atoms with Gasteiger partial charge in [-0.25, -0.2) is 4.79 Å². The second-order valence-electron chi connectivity index (χ2n) is 12.8. The third-order valence-corrected chi connectivity index (χ3v) is 8.58. The van der Waals surface area contributed by atoms with E-state index < -0.39 is 53.9 Å². The van der Waals surface area contributed by atoms with Crippen LogP contribution in [0.25, 0.3) is 5.57 Å². The lowest BCUT2D eigenvalue weighted by Gasteiger charge is -2.30. The fourth-order valence-corrected chi connectivity index (χ4v) is 5.91. The number of hydrogen-bond donors (Lipinski definition) is 4. The van der Waals surface area contributed by atoms with Crippen molar-refractivity contribution in [2.24, 2.45) is 17.6 Å². The quantitative estimate of drug-likeness (QED) is 0.234. The fourth-order valence-electron chi connectivity index (χ4n) is 5.91. The molecule has 0 radical (unpaired) electrons. The third kappa shape index (κ3) is 10.1. The number of likely N-dealkylation sites (N-methyl/N-ethyl adjacent to an activating group) is 1. The summed E-state index contributed by atoms with van der Waals surface area (Å²) >= 11 is 0. The molecule has 268 valence electrons. The molecule has 2 aliphatic rings. The summed E-state index contributed by atoms with van der Waals surface area (Å²) < 4.78 is 22.3. The number of nitrogens with one attached hydrogen (secondary N) is 2. The van der Waals surface area contributed by atoms with Crippen LogP contribution in [0.1, 0.15) is 46.3 Å². The van der Waals surface area contributed by atoms with E-state index in [0.29, 0.717) is 25.1 Å². The molecule has 2 bridgehead atoms. The maximum absolute atomic E-state index is 14.4. The van der Waals surface area contributed by atoms with Crippen molar-refractivity contribution in [2.75, 3.05) is 41.4 Å². The molecule has 13 nitrogen and oxygen atoms in total. The molecule has 3 rings (SSSR count). The number of methoxy groups -OCH3 is 2. The Labute approximate surface area is 287 Å². The number of carbonyl (C=O) groups is 4. The summed E-state index contributed by atoms with van der Waals surface area (Å²) in [5.74, 6) is -2.21. The Hall–Kier alpha value is -4.30. The number of ketones is 2. The first-order valence-electron chi connectivity index (χ1n) is 16.2. The second-order valence-corrected chi connectivity index (χ2v) is 12.8. The summed E-state index contributed by atoms with van der Waals surface area (Å²) in [4.78, 5) is 55.9. The van der Waals surface area contributed by atoms with E-state index in [-0.39, 0.29) is 46.2 Å². The number of nitrogens with zero attached hydrogens (tertiary/aromatic N) is 1. The van der Waals surface area contributed by atoms with Crippen molar-refractivity contribution in [1.29, 1.82) is 0 Å². The van der Waals surface area contributed by atoms with Gasteiger partial charge in [0.05, 0.1) is 29.7 Å². The van der Waals surface area contributed by atoms with Gasteiger partial charge < -0.3 is 45.0 Å². The van der Waals surface area contributed by atoms with Crippen molar-refractivity contribution in [3.8, 4) is 0 Å². The Bertz CT molecular complexity index is 1520. The van der Waals surface area contributed by atoms with Crippen molar-refractivity contribution in [3.05, 3.63) is 76.6 Å². The molecule has 13 heteroatoms. The molecule has 2 amide bonds. The number of nitrogens with two attached hydrogens (primary N) is 1. The van der Waals surface area contributed by atoms with Crippen molar-refractivity contribution in [2.45, 2.75) is 65.0 Å². The van der Waals surface area contributed by atoms with Crippen molar-refractivity contribution >= 4 is 29.1 Å². The van der Waals surface area contributed by atoms with E-state index in [1.165, 1.54) is 26.6 Å². The molecular weight excluding hydrogens is 632 g/mol. The maximum atomic E-state index is 14.4. The number of allylic oxidation sites excluding steroid dienone is 4. The van der Waals surface area contributed by atoms with Crippen molar-refractivity contribution in [1.82, 2.24) is 15.5 Å². The van der Waals surface area contributed by atoms with E-state index in [2.05, 4.69) is 10.6 Å². The first-order chi connectivity index (χ1) is 23.2. The molecule has 1 aliphatic heterocycles. The average molecular weight is 683 g/mol. The van der Waals surface area contributed by atoms with Crippen LogP contribution in [-0.2, 0) is 28.6 Å². The predicted octanol–water partition coefficient (Wildman–Crippen LogP) is 3.03. The molecule has 1 aliphatic carbocycles. The summed E-state index contributed by atoms with van der Waals surface area (Å²) in [6.07, 6.45) is 3.87. The molecule has 1 aromatic rings. The van der Waals surface area contributed by atoms with Crippen LogP contribution in [0.5, 0.6) is 0 Å². The van der Waals surface area contributed by atoms with E-state index >= 15 is 0 Å². The molecule has 0 fully saturated rings. The zero-order valence-electron chi connectivity index (χ0n) is 29.6. The lowest BCUT2D eigenvalue weighted by Crippen LogP contribution is -2.40. The minimum absolute atomic E-state index is 0.0622. The Morgan fingerprint density at radius 3 is 2.45 bits per heavy atom. The second kappa shape index (κ2) is 17.9. The topological polar surface area (TPSA) is 183 Å². The highest BCUT2D eigenvalue weighted by molar-refractivity contribution is 6.39. The highest BCUT2D eigenvalue weighted by atomic mass is 16.6. The molecule has 1 aromatic heterocycles. The Morgan fingerprint density at radius 1 is 1.14 bits per heavy atom. The predicted molar refractivity (Wildman–Crippen MR) is 184 cm³/mol. The van der Waals surface area contributed by atoms with E-state index in [1.807, 2.05) is 32.8 Å². The number of carbonyl (C=O) groups excluding carboxylic acids is 4. The molecule has 6 atom stereocenters. The van der Waals surface area contributed by atoms with Gasteiger partial charge in [0, 0.05) is 44.4 Å². The van der Waals surface area contributed by atoms with E-state index in [0.717, 1.165) is 0 Å². The zero-order chi connectivity index (χ0) is 36.4. The monoisotopic (exact) mass is 682 g/mol. The van der Waals surface area contributed by atoms with Crippen LogP contribution >= 0.6 is 0 Å². The van der Waals surface area contributed by atoms with E-state index in [1.54, 1.807) is 44.2 Å². The third-order valence-electron chi connectivity index (χ3n) is 8.58. The Morgan fingerprint density at radius 2 is 1.86 bits per heavy atom. The first kappa shape index (κ1) is 39.1. The van der Waals surface area contributed by atoms with Gasteiger partial charge in [0.25, 0.3) is 5.91 Å². The van der Waals surface area contributed by atoms with Crippen LogP contribution in [0.4, 0.5) is 4.79 Å². The summed E-state index contributed by atoms with van der Waals surface area (Å²) in [5.41, 5.74) is 6.28. The minimum Gasteiger partial charge on any atom is -0.464 e.